The molecule has 0 aliphatic carbocycles. The van der Waals surface area contributed by atoms with Gasteiger partial charge in [0, 0.05) is 5.54 Å². The summed E-state index contributed by atoms with van der Waals surface area (Å²) in [6.45, 7) is 1.77. The quantitative estimate of drug-likeness (QED) is 0.371. The lowest BCUT2D eigenvalue weighted by Gasteiger charge is -1.89. The molecule has 0 bridgehead atoms. The summed E-state index contributed by atoms with van der Waals surface area (Å²) in [7, 11) is 0. The van der Waals surface area contributed by atoms with E-state index in [-0.39, 0.29) is 0 Å². The molecule has 0 unspecified atom stereocenters. The average Bonchev–Trinajstić information content (AvgIpc) is 1.89. The van der Waals surface area contributed by atoms with E-state index >= 15 is 0 Å². The molecule has 52 valence electrons. The Morgan fingerprint density at radius 3 is 2.89 bits per heavy atom. The van der Waals surface area contributed by atoms with Gasteiger partial charge in [-0.05, 0) is 19.8 Å². The van der Waals surface area contributed by atoms with Gasteiger partial charge in [-0.3, -0.25) is 0 Å². The normalized spacial score (nSPS) is 12.9. The maximum atomic E-state index is 8.16. The lowest BCUT2D eigenvalue weighted by molar-refractivity contribution is 0.317. The van der Waals surface area contributed by atoms with Gasteiger partial charge in [0.25, 0.3) is 0 Å². The monoisotopic (exact) mass is 147 g/mol. The Balaban J connectivity index is 3.28. The average molecular weight is 148 g/mol. The summed E-state index contributed by atoms with van der Waals surface area (Å²) in [6, 6.07) is 0. The Labute approximate surface area is 59.8 Å². The van der Waals surface area contributed by atoms with Gasteiger partial charge in [-0.2, -0.15) is 0 Å². The molecule has 0 aliphatic rings. The Morgan fingerprint density at radius 1 is 1.78 bits per heavy atom. The molecule has 0 rings (SSSR count). The molecule has 3 heteroatoms. The fourth-order valence-corrected chi connectivity index (χ4v) is 0.531. The van der Waals surface area contributed by atoms with Crippen molar-refractivity contribution < 1.29 is 5.21 Å². The molecule has 0 aromatic rings. The van der Waals surface area contributed by atoms with Crippen LogP contribution in [0, 0.1) is 0 Å². The first-order valence-electron chi connectivity index (χ1n) is 2.74. The maximum Gasteiger partial charge on any atom is 0.0543 e. The third-order valence-corrected chi connectivity index (χ3v) is 1.11. The maximum absolute atomic E-state index is 8.16. The van der Waals surface area contributed by atoms with Crippen molar-refractivity contribution in [2.24, 2.45) is 5.16 Å². The van der Waals surface area contributed by atoms with Gasteiger partial charge in [-0.15, -0.1) is 0 Å². The van der Waals surface area contributed by atoms with Gasteiger partial charge in [0.2, 0.25) is 0 Å². The predicted molar refractivity (Wildman–Crippen MR) is 39.1 cm³/mol. The third kappa shape index (κ3) is 5.37. The molecule has 0 aliphatic heterocycles. The van der Waals surface area contributed by atoms with E-state index in [0.717, 1.165) is 18.6 Å². The van der Waals surface area contributed by atoms with Gasteiger partial charge in [-0.1, -0.05) is 22.8 Å². The van der Waals surface area contributed by atoms with Crippen LogP contribution >= 0.6 is 11.6 Å². The van der Waals surface area contributed by atoms with E-state index in [0.29, 0.717) is 0 Å². The largest absolute Gasteiger partial charge is 0.411 e. The molecule has 0 heterocycles. The molecule has 0 aromatic heterocycles. The summed E-state index contributed by atoms with van der Waals surface area (Å²) in [4.78, 5) is 0. The fourth-order valence-electron chi connectivity index (χ4n) is 0.405. The van der Waals surface area contributed by atoms with E-state index in [1.807, 2.05) is 6.08 Å². The van der Waals surface area contributed by atoms with Crippen LogP contribution in [0.15, 0.2) is 16.8 Å². The van der Waals surface area contributed by atoms with Crippen molar-refractivity contribution in [3.8, 4) is 0 Å². The summed E-state index contributed by atoms with van der Waals surface area (Å²) < 4.78 is 0. The summed E-state index contributed by atoms with van der Waals surface area (Å²) >= 11 is 5.25. The number of rotatable bonds is 3. The second-order valence-corrected chi connectivity index (χ2v) is 1.99. The van der Waals surface area contributed by atoms with Crippen molar-refractivity contribution in [2.45, 2.75) is 19.8 Å². The van der Waals surface area contributed by atoms with Crippen LogP contribution in [0.2, 0.25) is 0 Å². The molecule has 9 heavy (non-hydrogen) atoms. The smallest absolute Gasteiger partial charge is 0.0543 e. The molecule has 2 nitrogen and oxygen atoms in total. The SMILES string of the molecule is C/C(CC/C=C/Cl)=N\O. The molecule has 0 saturated heterocycles. The lowest BCUT2D eigenvalue weighted by Crippen LogP contribution is -1.88. The van der Waals surface area contributed by atoms with Crippen molar-refractivity contribution in [1.82, 2.24) is 0 Å². The highest BCUT2D eigenvalue weighted by Gasteiger charge is 1.86. The Kier molecular flexibility index (Phi) is 5.32. The zero-order chi connectivity index (χ0) is 7.11. The van der Waals surface area contributed by atoms with E-state index in [4.69, 9.17) is 16.8 Å². The lowest BCUT2D eigenvalue weighted by atomic mass is 10.2. The van der Waals surface area contributed by atoms with Crippen molar-refractivity contribution in [2.75, 3.05) is 0 Å². The molecule has 0 fully saturated rings. The van der Waals surface area contributed by atoms with Gasteiger partial charge in [0.05, 0.1) is 5.71 Å². The van der Waals surface area contributed by atoms with E-state index in [1.54, 1.807) is 6.92 Å². The zero-order valence-corrected chi connectivity index (χ0v) is 6.10. The predicted octanol–water partition coefficient (Wildman–Crippen LogP) is 2.37. The van der Waals surface area contributed by atoms with Crippen LogP contribution in [0.3, 0.4) is 0 Å². The molecule has 0 atom stereocenters. The summed E-state index contributed by atoms with van der Waals surface area (Å²) in [5.74, 6) is 0. The first kappa shape index (κ1) is 8.50. The molecule has 1 N–H and O–H groups in total. The minimum atomic E-state index is 0.727. The third-order valence-electron chi connectivity index (χ3n) is 0.933. The minimum Gasteiger partial charge on any atom is -0.411 e. The fraction of sp³-hybridized carbons (Fsp3) is 0.500. The van der Waals surface area contributed by atoms with Crippen molar-refractivity contribution in [3.05, 3.63) is 11.6 Å². The van der Waals surface area contributed by atoms with Crippen LogP contribution in [0.25, 0.3) is 0 Å². The van der Waals surface area contributed by atoms with E-state index in [2.05, 4.69) is 5.16 Å². The second kappa shape index (κ2) is 5.63. The number of hydrogen-bond acceptors (Lipinski definition) is 2. The van der Waals surface area contributed by atoms with Crippen molar-refractivity contribution in [1.29, 1.82) is 0 Å². The van der Waals surface area contributed by atoms with Crippen molar-refractivity contribution >= 4 is 17.3 Å². The molecule has 0 amide bonds. The number of halogens is 1. The summed E-state index contributed by atoms with van der Waals surface area (Å²) in [5, 5.41) is 11.2. The molecular weight excluding hydrogens is 138 g/mol. The molecule has 0 spiro atoms. The van der Waals surface area contributed by atoms with Crippen LogP contribution in [0.5, 0.6) is 0 Å². The van der Waals surface area contributed by atoms with Gasteiger partial charge < -0.3 is 5.21 Å². The van der Waals surface area contributed by atoms with Crippen LogP contribution in [-0.4, -0.2) is 10.9 Å². The van der Waals surface area contributed by atoms with Gasteiger partial charge in [0.15, 0.2) is 0 Å². The Bertz CT molecular complexity index is 120. The van der Waals surface area contributed by atoms with E-state index in [1.165, 1.54) is 5.54 Å². The zero-order valence-electron chi connectivity index (χ0n) is 5.34. The highest BCUT2D eigenvalue weighted by atomic mass is 35.5. The van der Waals surface area contributed by atoms with Crippen molar-refractivity contribution in [3.63, 3.8) is 0 Å². The summed E-state index contributed by atoms with van der Waals surface area (Å²) in [5.41, 5.74) is 2.19. The second-order valence-electron chi connectivity index (χ2n) is 1.74. The number of hydrogen-bond donors (Lipinski definition) is 1. The number of oxime groups is 1. The molecule has 0 saturated carbocycles. The van der Waals surface area contributed by atoms with Gasteiger partial charge >= 0.3 is 0 Å². The van der Waals surface area contributed by atoms with Gasteiger partial charge in [-0.25, -0.2) is 0 Å². The van der Waals surface area contributed by atoms with E-state index in [9.17, 15) is 0 Å². The Hall–Kier alpha value is -0.500. The molecular formula is C6H10ClNO. The number of allylic oxidation sites excluding steroid dienone is 1. The summed E-state index contributed by atoms with van der Waals surface area (Å²) in [6.07, 6.45) is 3.41. The van der Waals surface area contributed by atoms with E-state index < -0.39 is 0 Å². The Morgan fingerprint density at radius 2 is 2.44 bits per heavy atom. The first-order valence-corrected chi connectivity index (χ1v) is 3.17. The van der Waals surface area contributed by atoms with Crippen LogP contribution in [0.1, 0.15) is 19.8 Å². The van der Waals surface area contributed by atoms with Crippen LogP contribution in [-0.2, 0) is 0 Å². The topological polar surface area (TPSA) is 32.6 Å². The minimum absolute atomic E-state index is 0.727. The number of nitrogens with zero attached hydrogens (tertiary/aromatic N) is 1. The highest BCUT2D eigenvalue weighted by molar-refractivity contribution is 6.25. The van der Waals surface area contributed by atoms with Crippen LogP contribution < -0.4 is 0 Å². The first-order chi connectivity index (χ1) is 4.31. The highest BCUT2D eigenvalue weighted by Crippen LogP contribution is 1.94. The van der Waals surface area contributed by atoms with Gasteiger partial charge in [0.1, 0.15) is 0 Å². The standard InChI is InChI=1S/C6H10ClNO/c1-6(8-9)4-2-3-5-7/h3,5,9H,2,4H2,1H3/b5-3+,8-6+. The van der Waals surface area contributed by atoms with Crippen LogP contribution in [0.4, 0.5) is 0 Å². The molecule has 0 aromatic carbocycles. The molecule has 0 radical (unpaired) electrons.